The van der Waals surface area contributed by atoms with Crippen LogP contribution in [-0.2, 0) is 0 Å². The molecule has 0 saturated carbocycles. The Hall–Kier alpha value is -2.30. The average Bonchev–Trinajstić information content (AvgIpc) is 2.66. The lowest BCUT2D eigenvalue weighted by molar-refractivity contribution is 0.0663. The summed E-state index contributed by atoms with van der Waals surface area (Å²) in [6, 6.07) is 3.15. The van der Waals surface area contributed by atoms with Gasteiger partial charge in [0.05, 0.1) is 5.56 Å². The number of Topliss-reactive ketones (excluding diaryl/α,β-unsaturated/α-hetero) is 1. The van der Waals surface area contributed by atoms with E-state index in [0.717, 1.165) is 0 Å². The van der Waals surface area contributed by atoms with Crippen LogP contribution in [-0.4, -0.2) is 16.9 Å². The van der Waals surface area contributed by atoms with Gasteiger partial charge < -0.3 is 15.3 Å². The number of nitrogen functional groups attached to an aromatic ring is 1. The van der Waals surface area contributed by atoms with E-state index in [9.17, 15) is 9.59 Å². The molecule has 2 rings (SSSR count). The number of nitrogens with two attached hydrogens (primary N) is 1. The molecule has 0 unspecified atom stereocenters. The molecule has 1 heterocycles. The standard InChI is InChI=1S/C14H15NO4/c1-6(2)12(16)11-8(15)4-5-9-10(11)7(3)13(19-9)14(17)18/h4-6H,15H2,1-3H3,(H,17,18). The van der Waals surface area contributed by atoms with E-state index in [1.54, 1.807) is 32.9 Å². The summed E-state index contributed by atoms with van der Waals surface area (Å²) in [6.07, 6.45) is 0. The minimum absolute atomic E-state index is 0.121. The fourth-order valence-electron chi connectivity index (χ4n) is 2.12. The van der Waals surface area contributed by atoms with Crippen LogP contribution in [0.15, 0.2) is 16.5 Å². The van der Waals surface area contributed by atoms with Crippen LogP contribution < -0.4 is 5.73 Å². The molecule has 5 nitrogen and oxygen atoms in total. The molecule has 1 aromatic carbocycles. The molecule has 0 fully saturated rings. The zero-order valence-electron chi connectivity index (χ0n) is 11.0. The number of fused-ring (bicyclic) bond motifs is 1. The van der Waals surface area contributed by atoms with Crippen LogP contribution in [0, 0.1) is 12.8 Å². The Balaban J connectivity index is 2.86. The Morgan fingerprint density at radius 3 is 2.47 bits per heavy atom. The number of benzene rings is 1. The first-order chi connectivity index (χ1) is 8.84. The number of carbonyl (C=O) groups is 2. The van der Waals surface area contributed by atoms with Crippen molar-refractivity contribution in [2.75, 3.05) is 5.73 Å². The Kier molecular flexibility index (Phi) is 3.06. The topological polar surface area (TPSA) is 93.5 Å². The Morgan fingerprint density at radius 2 is 1.95 bits per heavy atom. The van der Waals surface area contributed by atoms with Crippen molar-refractivity contribution in [3.63, 3.8) is 0 Å². The van der Waals surface area contributed by atoms with E-state index in [-0.39, 0.29) is 17.5 Å². The summed E-state index contributed by atoms with van der Waals surface area (Å²) in [4.78, 5) is 23.3. The zero-order chi connectivity index (χ0) is 14.3. The molecule has 0 aliphatic heterocycles. The molecule has 0 saturated heterocycles. The highest BCUT2D eigenvalue weighted by Gasteiger charge is 2.24. The van der Waals surface area contributed by atoms with Crippen molar-refractivity contribution < 1.29 is 19.1 Å². The van der Waals surface area contributed by atoms with E-state index in [2.05, 4.69) is 0 Å². The van der Waals surface area contributed by atoms with Crippen molar-refractivity contribution in [2.24, 2.45) is 5.92 Å². The number of carboxylic acid groups (broad SMARTS) is 1. The Bertz CT molecular complexity index is 682. The molecule has 0 radical (unpaired) electrons. The highest BCUT2D eigenvalue weighted by Crippen LogP contribution is 2.33. The molecule has 100 valence electrons. The van der Waals surface area contributed by atoms with Gasteiger partial charge in [0.1, 0.15) is 5.58 Å². The fraction of sp³-hybridized carbons (Fsp3) is 0.286. The number of hydrogen-bond donors (Lipinski definition) is 2. The number of ketones is 1. The van der Waals surface area contributed by atoms with Crippen LogP contribution in [0.5, 0.6) is 0 Å². The molecule has 2 aromatic rings. The highest BCUT2D eigenvalue weighted by atomic mass is 16.4. The van der Waals surface area contributed by atoms with Gasteiger partial charge in [0.25, 0.3) is 0 Å². The lowest BCUT2D eigenvalue weighted by Crippen LogP contribution is -2.11. The molecule has 0 atom stereocenters. The summed E-state index contributed by atoms with van der Waals surface area (Å²) in [7, 11) is 0. The Labute approximate surface area is 110 Å². The zero-order valence-corrected chi connectivity index (χ0v) is 11.0. The van der Waals surface area contributed by atoms with Crippen molar-refractivity contribution in [3.8, 4) is 0 Å². The molecule has 0 aliphatic rings. The summed E-state index contributed by atoms with van der Waals surface area (Å²) >= 11 is 0. The first-order valence-electron chi connectivity index (χ1n) is 5.93. The van der Waals surface area contributed by atoms with Gasteiger partial charge in [-0.1, -0.05) is 13.8 Å². The molecule has 1 aromatic heterocycles. The molecule has 0 bridgehead atoms. The SMILES string of the molecule is Cc1c(C(=O)O)oc2ccc(N)c(C(=O)C(C)C)c12. The van der Waals surface area contributed by atoms with Crippen molar-refractivity contribution in [1.82, 2.24) is 0 Å². The van der Waals surface area contributed by atoms with Gasteiger partial charge in [-0.15, -0.1) is 0 Å². The molecule has 0 spiro atoms. The molecule has 0 amide bonds. The van der Waals surface area contributed by atoms with Crippen molar-refractivity contribution in [1.29, 1.82) is 0 Å². The molecule has 5 heteroatoms. The van der Waals surface area contributed by atoms with Crippen LogP contribution in [0.3, 0.4) is 0 Å². The van der Waals surface area contributed by atoms with E-state index in [1.807, 2.05) is 0 Å². The first-order valence-corrected chi connectivity index (χ1v) is 5.93. The number of rotatable bonds is 3. The van der Waals surface area contributed by atoms with Gasteiger partial charge in [0.2, 0.25) is 5.76 Å². The first kappa shape index (κ1) is 13.1. The van der Waals surface area contributed by atoms with Crippen molar-refractivity contribution in [2.45, 2.75) is 20.8 Å². The van der Waals surface area contributed by atoms with Gasteiger partial charge in [0, 0.05) is 22.6 Å². The number of aromatic carboxylic acids is 1. The number of hydrogen-bond acceptors (Lipinski definition) is 4. The second-order valence-corrected chi connectivity index (χ2v) is 4.78. The van der Waals surface area contributed by atoms with Crippen LogP contribution in [0.4, 0.5) is 5.69 Å². The van der Waals surface area contributed by atoms with Crippen molar-refractivity contribution >= 4 is 28.4 Å². The normalized spacial score (nSPS) is 11.2. The Morgan fingerprint density at radius 1 is 1.32 bits per heavy atom. The lowest BCUT2D eigenvalue weighted by atomic mass is 9.94. The number of aryl methyl sites for hydroxylation is 1. The van der Waals surface area contributed by atoms with Gasteiger partial charge in [-0.3, -0.25) is 4.79 Å². The minimum atomic E-state index is -1.16. The average molecular weight is 261 g/mol. The summed E-state index contributed by atoms with van der Waals surface area (Å²) in [6.45, 7) is 5.16. The van der Waals surface area contributed by atoms with Crippen molar-refractivity contribution in [3.05, 3.63) is 29.0 Å². The smallest absolute Gasteiger partial charge is 0.372 e. The quantitative estimate of drug-likeness (QED) is 0.654. The summed E-state index contributed by atoms with van der Waals surface area (Å²) < 4.78 is 5.28. The summed E-state index contributed by atoms with van der Waals surface area (Å²) in [5.74, 6) is -1.66. The third-order valence-electron chi connectivity index (χ3n) is 3.09. The molecule has 19 heavy (non-hydrogen) atoms. The highest BCUT2D eigenvalue weighted by molar-refractivity contribution is 6.14. The molecule has 3 N–H and O–H groups in total. The second-order valence-electron chi connectivity index (χ2n) is 4.78. The number of furan rings is 1. The van der Waals surface area contributed by atoms with Gasteiger partial charge in [-0.2, -0.15) is 0 Å². The largest absolute Gasteiger partial charge is 0.475 e. The third-order valence-corrected chi connectivity index (χ3v) is 3.09. The second kappa shape index (κ2) is 4.42. The van der Waals surface area contributed by atoms with E-state index >= 15 is 0 Å². The molecular formula is C14H15NO4. The molecular weight excluding hydrogens is 246 g/mol. The van der Waals surface area contributed by atoms with Gasteiger partial charge >= 0.3 is 5.97 Å². The maximum Gasteiger partial charge on any atom is 0.372 e. The fourth-order valence-corrected chi connectivity index (χ4v) is 2.12. The van der Waals surface area contributed by atoms with Gasteiger partial charge in [0.15, 0.2) is 5.78 Å². The third kappa shape index (κ3) is 1.97. The van der Waals surface area contributed by atoms with E-state index < -0.39 is 5.97 Å². The van der Waals surface area contributed by atoms with Crippen LogP contribution in [0.25, 0.3) is 11.0 Å². The summed E-state index contributed by atoms with van der Waals surface area (Å²) in [5, 5.41) is 9.56. The van der Waals surface area contributed by atoms with Crippen LogP contribution >= 0.6 is 0 Å². The maximum absolute atomic E-state index is 12.2. The minimum Gasteiger partial charge on any atom is -0.475 e. The van der Waals surface area contributed by atoms with E-state index in [1.165, 1.54) is 0 Å². The van der Waals surface area contributed by atoms with E-state index in [0.29, 0.717) is 27.8 Å². The van der Waals surface area contributed by atoms with Gasteiger partial charge in [-0.05, 0) is 19.1 Å². The van der Waals surface area contributed by atoms with Gasteiger partial charge in [-0.25, -0.2) is 4.79 Å². The predicted molar refractivity (Wildman–Crippen MR) is 71.5 cm³/mol. The number of anilines is 1. The number of carboxylic acids is 1. The summed E-state index contributed by atoms with van der Waals surface area (Å²) in [5.41, 5.74) is 7.36. The lowest BCUT2D eigenvalue weighted by Gasteiger charge is -2.09. The monoisotopic (exact) mass is 261 g/mol. The molecule has 0 aliphatic carbocycles. The predicted octanol–water partition coefficient (Wildman–Crippen LogP) is 2.86. The maximum atomic E-state index is 12.2. The van der Waals surface area contributed by atoms with Crippen LogP contribution in [0.1, 0.15) is 40.3 Å². The van der Waals surface area contributed by atoms with E-state index in [4.69, 9.17) is 15.3 Å². The van der Waals surface area contributed by atoms with Crippen LogP contribution in [0.2, 0.25) is 0 Å². The number of carbonyl (C=O) groups excluding carboxylic acids is 1.